The summed E-state index contributed by atoms with van der Waals surface area (Å²) < 4.78 is 4.93. The van der Waals surface area contributed by atoms with Gasteiger partial charge in [0.1, 0.15) is 0 Å². The molecule has 0 amide bonds. The first kappa shape index (κ1) is 14.4. The molecule has 0 bridgehead atoms. The lowest BCUT2D eigenvalue weighted by molar-refractivity contribution is -0.143. The number of nitrogens with two attached hydrogens (primary N) is 2. The van der Waals surface area contributed by atoms with E-state index in [1.54, 1.807) is 0 Å². The maximum absolute atomic E-state index is 11.3. The molecule has 1 fully saturated rings. The van der Waals surface area contributed by atoms with Crippen LogP contribution in [0.5, 0.6) is 0 Å². The Morgan fingerprint density at radius 2 is 2.24 bits per heavy atom. The van der Waals surface area contributed by atoms with Gasteiger partial charge in [-0.3, -0.25) is 4.79 Å². The number of likely N-dealkylation sites (tertiary alicyclic amines) is 1. The number of hydrogen-bond donors (Lipinski definition) is 2. The largest absolute Gasteiger partial charge is 0.466 e. The van der Waals surface area contributed by atoms with E-state index in [0.717, 1.165) is 32.5 Å². The van der Waals surface area contributed by atoms with E-state index in [-0.39, 0.29) is 12.0 Å². The number of rotatable bonds is 6. The molecular formula is C12H25N3O2. The van der Waals surface area contributed by atoms with E-state index in [1.165, 1.54) is 0 Å². The van der Waals surface area contributed by atoms with Crippen LogP contribution < -0.4 is 11.5 Å². The van der Waals surface area contributed by atoms with Crippen LogP contribution in [0, 0.1) is 5.92 Å². The summed E-state index contributed by atoms with van der Waals surface area (Å²) in [6.07, 6.45) is 2.37. The van der Waals surface area contributed by atoms with Gasteiger partial charge in [-0.15, -0.1) is 0 Å². The number of esters is 1. The highest BCUT2D eigenvalue weighted by molar-refractivity contribution is 5.69. The van der Waals surface area contributed by atoms with Gasteiger partial charge < -0.3 is 21.1 Å². The number of carbonyl (C=O) groups excluding carboxylic acids is 1. The molecule has 17 heavy (non-hydrogen) atoms. The molecule has 1 heterocycles. The molecule has 5 nitrogen and oxygen atoms in total. The van der Waals surface area contributed by atoms with Crippen molar-refractivity contribution in [2.24, 2.45) is 17.4 Å². The zero-order valence-corrected chi connectivity index (χ0v) is 10.7. The molecule has 1 aliphatic heterocycles. The molecule has 4 N–H and O–H groups in total. The Labute approximate surface area is 103 Å². The highest BCUT2D eigenvalue weighted by Gasteiger charge is 2.24. The summed E-state index contributed by atoms with van der Waals surface area (Å²) in [5.74, 6) is 0.395. The molecule has 1 aliphatic rings. The minimum atomic E-state index is -0.1000. The van der Waals surface area contributed by atoms with E-state index < -0.39 is 0 Å². The highest BCUT2D eigenvalue weighted by atomic mass is 16.5. The van der Waals surface area contributed by atoms with E-state index in [1.807, 2.05) is 6.92 Å². The van der Waals surface area contributed by atoms with Crippen molar-refractivity contribution in [2.45, 2.75) is 32.2 Å². The van der Waals surface area contributed by atoms with Crippen LogP contribution in [0.1, 0.15) is 26.2 Å². The summed E-state index contributed by atoms with van der Waals surface area (Å²) in [5, 5.41) is 0. The van der Waals surface area contributed by atoms with Crippen molar-refractivity contribution >= 4 is 5.97 Å². The quantitative estimate of drug-likeness (QED) is 0.639. The van der Waals surface area contributed by atoms with Crippen LogP contribution in [-0.4, -0.2) is 49.7 Å². The van der Waals surface area contributed by atoms with Crippen LogP contribution in [0.2, 0.25) is 0 Å². The minimum Gasteiger partial charge on any atom is -0.466 e. The topological polar surface area (TPSA) is 81.6 Å². The molecule has 0 aliphatic carbocycles. The smallest absolute Gasteiger partial charge is 0.305 e. The number of nitrogens with zero attached hydrogens (tertiary/aromatic N) is 1. The molecule has 1 saturated heterocycles. The third kappa shape index (κ3) is 5.48. The average Bonchev–Trinajstić information content (AvgIpc) is 2.26. The fourth-order valence-corrected chi connectivity index (χ4v) is 2.48. The predicted molar refractivity (Wildman–Crippen MR) is 67.4 cm³/mol. The minimum absolute atomic E-state index is 0.1000. The third-order valence-corrected chi connectivity index (χ3v) is 3.15. The Kier molecular flexibility index (Phi) is 6.47. The number of hydrogen-bond acceptors (Lipinski definition) is 5. The Morgan fingerprint density at radius 3 is 2.88 bits per heavy atom. The third-order valence-electron chi connectivity index (χ3n) is 3.15. The van der Waals surface area contributed by atoms with Crippen molar-refractivity contribution in [3.8, 4) is 0 Å². The van der Waals surface area contributed by atoms with Crippen molar-refractivity contribution in [2.75, 3.05) is 32.8 Å². The summed E-state index contributed by atoms with van der Waals surface area (Å²) in [5.41, 5.74) is 11.6. The van der Waals surface area contributed by atoms with Gasteiger partial charge in [-0.2, -0.15) is 0 Å². The van der Waals surface area contributed by atoms with Crippen molar-refractivity contribution < 1.29 is 9.53 Å². The summed E-state index contributed by atoms with van der Waals surface area (Å²) in [7, 11) is 0. The van der Waals surface area contributed by atoms with Crippen LogP contribution >= 0.6 is 0 Å². The van der Waals surface area contributed by atoms with Gasteiger partial charge in [0.05, 0.1) is 6.61 Å². The molecular weight excluding hydrogens is 218 g/mol. The highest BCUT2D eigenvalue weighted by Crippen LogP contribution is 2.20. The summed E-state index contributed by atoms with van der Waals surface area (Å²) >= 11 is 0. The first-order valence-corrected chi connectivity index (χ1v) is 6.49. The Balaban J connectivity index is 2.29. The van der Waals surface area contributed by atoms with E-state index in [2.05, 4.69) is 4.90 Å². The van der Waals surface area contributed by atoms with Gasteiger partial charge in [0.2, 0.25) is 0 Å². The maximum atomic E-state index is 11.3. The average molecular weight is 243 g/mol. The molecule has 5 heteroatoms. The first-order chi connectivity index (χ1) is 8.15. The SMILES string of the molecule is CCOC(=O)CCC1CC(N)CN(CCN)C1. The van der Waals surface area contributed by atoms with E-state index >= 15 is 0 Å². The van der Waals surface area contributed by atoms with Gasteiger partial charge in [-0.05, 0) is 25.7 Å². The molecule has 2 atom stereocenters. The fourth-order valence-electron chi connectivity index (χ4n) is 2.48. The zero-order chi connectivity index (χ0) is 12.7. The van der Waals surface area contributed by atoms with Gasteiger partial charge in [-0.25, -0.2) is 0 Å². The van der Waals surface area contributed by atoms with Gasteiger partial charge in [-0.1, -0.05) is 0 Å². The molecule has 1 rings (SSSR count). The maximum Gasteiger partial charge on any atom is 0.305 e. The van der Waals surface area contributed by atoms with Gasteiger partial charge >= 0.3 is 5.97 Å². The van der Waals surface area contributed by atoms with Crippen LogP contribution in [-0.2, 0) is 9.53 Å². The molecule has 0 aromatic heterocycles. The zero-order valence-electron chi connectivity index (χ0n) is 10.7. The predicted octanol–water partition coefficient (Wildman–Crippen LogP) is -0.0624. The molecule has 0 aromatic carbocycles. The van der Waals surface area contributed by atoms with Crippen molar-refractivity contribution in [3.63, 3.8) is 0 Å². The van der Waals surface area contributed by atoms with Crippen molar-refractivity contribution in [1.82, 2.24) is 4.90 Å². The first-order valence-electron chi connectivity index (χ1n) is 6.49. The summed E-state index contributed by atoms with van der Waals surface area (Å²) in [6.45, 7) is 5.78. The van der Waals surface area contributed by atoms with Crippen LogP contribution in [0.15, 0.2) is 0 Å². The molecule has 0 spiro atoms. The molecule has 0 radical (unpaired) electrons. The second-order valence-electron chi connectivity index (χ2n) is 4.75. The molecule has 100 valence electrons. The van der Waals surface area contributed by atoms with Crippen LogP contribution in [0.3, 0.4) is 0 Å². The van der Waals surface area contributed by atoms with Crippen molar-refractivity contribution in [3.05, 3.63) is 0 Å². The number of piperidine rings is 1. The second kappa shape index (κ2) is 7.63. The summed E-state index contributed by atoms with van der Waals surface area (Å²) in [4.78, 5) is 13.6. The van der Waals surface area contributed by atoms with Crippen molar-refractivity contribution in [1.29, 1.82) is 0 Å². The Morgan fingerprint density at radius 1 is 1.47 bits per heavy atom. The molecule has 0 aromatic rings. The van der Waals surface area contributed by atoms with E-state index in [0.29, 0.717) is 25.5 Å². The lowest BCUT2D eigenvalue weighted by Crippen LogP contribution is -2.48. The Hall–Kier alpha value is -0.650. The van der Waals surface area contributed by atoms with Gasteiger partial charge in [0.15, 0.2) is 0 Å². The summed E-state index contributed by atoms with van der Waals surface area (Å²) in [6, 6.07) is 0.211. The second-order valence-corrected chi connectivity index (χ2v) is 4.75. The molecule has 2 unspecified atom stereocenters. The fraction of sp³-hybridized carbons (Fsp3) is 0.917. The van der Waals surface area contributed by atoms with Gasteiger partial charge in [0, 0.05) is 38.6 Å². The number of ether oxygens (including phenoxy) is 1. The Bertz CT molecular complexity index is 236. The molecule has 0 saturated carbocycles. The van der Waals surface area contributed by atoms with Gasteiger partial charge in [0.25, 0.3) is 0 Å². The standard InChI is InChI=1S/C12H25N3O2/c1-2-17-12(16)4-3-10-7-11(14)9-15(8-10)6-5-13/h10-11H,2-9,13-14H2,1H3. The normalized spacial score (nSPS) is 25.8. The van der Waals surface area contributed by atoms with Crippen LogP contribution in [0.25, 0.3) is 0 Å². The number of carbonyl (C=O) groups is 1. The van der Waals surface area contributed by atoms with Crippen LogP contribution in [0.4, 0.5) is 0 Å². The lowest BCUT2D eigenvalue weighted by atomic mass is 9.91. The van der Waals surface area contributed by atoms with E-state index in [4.69, 9.17) is 16.2 Å². The lowest BCUT2D eigenvalue weighted by Gasteiger charge is -2.36. The van der Waals surface area contributed by atoms with E-state index in [9.17, 15) is 4.79 Å². The monoisotopic (exact) mass is 243 g/mol.